The van der Waals surface area contributed by atoms with Gasteiger partial charge in [0.15, 0.2) is 5.58 Å². The first kappa shape index (κ1) is 15.8. The molecule has 0 saturated heterocycles. The van der Waals surface area contributed by atoms with Crippen molar-refractivity contribution in [3.05, 3.63) is 58.4 Å². The molecule has 4 rings (SSSR count). The third kappa shape index (κ3) is 3.28. The van der Waals surface area contributed by atoms with Crippen molar-refractivity contribution in [2.24, 2.45) is 0 Å². The molecule has 0 bridgehead atoms. The van der Waals surface area contributed by atoms with Crippen molar-refractivity contribution in [2.45, 2.75) is 26.7 Å². The van der Waals surface area contributed by atoms with Crippen LogP contribution in [-0.4, -0.2) is 9.97 Å². The Bertz CT molecular complexity index is 1020. The first-order valence-electron chi connectivity index (χ1n) is 8.28. The third-order valence-electron chi connectivity index (χ3n) is 4.13. The summed E-state index contributed by atoms with van der Waals surface area (Å²) in [6, 6.07) is 14.8. The fourth-order valence-electron chi connectivity index (χ4n) is 2.70. The lowest BCUT2D eigenvalue weighted by Crippen LogP contribution is -1.90. The second kappa shape index (κ2) is 6.33. The number of aryl methyl sites for hydroxylation is 1. The molecule has 4 nitrogen and oxygen atoms in total. The van der Waals surface area contributed by atoms with E-state index in [-0.39, 0.29) is 0 Å². The Hall–Kier alpha value is -2.66. The molecule has 2 aromatic heterocycles. The van der Waals surface area contributed by atoms with Crippen LogP contribution in [0.15, 0.2) is 52.3 Å². The molecule has 0 unspecified atom stereocenters. The zero-order chi connectivity index (χ0) is 17.4. The second-order valence-corrected chi connectivity index (χ2v) is 7.42. The van der Waals surface area contributed by atoms with Gasteiger partial charge in [-0.2, -0.15) is 4.98 Å². The van der Waals surface area contributed by atoms with Crippen LogP contribution in [0, 0.1) is 6.92 Å². The number of thiazole rings is 1. The first-order chi connectivity index (χ1) is 12.1. The third-order valence-corrected chi connectivity index (χ3v) is 4.90. The van der Waals surface area contributed by atoms with Crippen molar-refractivity contribution in [2.75, 3.05) is 5.32 Å². The van der Waals surface area contributed by atoms with Gasteiger partial charge in [-0.25, -0.2) is 4.98 Å². The summed E-state index contributed by atoms with van der Waals surface area (Å²) in [5.41, 5.74) is 5.98. The molecule has 0 aliphatic rings. The van der Waals surface area contributed by atoms with Crippen molar-refractivity contribution in [3.8, 4) is 11.3 Å². The summed E-state index contributed by atoms with van der Waals surface area (Å²) in [5, 5.41) is 6.38. The topological polar surface area (TPSA) is 51.0 Å². The zero-order valence-corrected chi connectivity index (χ0v) is 15.2. The Kier molecular flexibility index (Phi) is 4.01. The van der Waals surface area contributed by atoms with E-state index in [4.69, 9.17) is 4.42 Å². The molecule has 0 aliphatic carbocycles. The van der Waals surface area contributed by atoms with Crippen molar-refractivity contribution in [1.82, 2.24) is 9.97 Å². The Labute approximate surface area is 150 Å². The summed E-state index contributed by atoms with van der Waals surface area (Å²) in [6.07, 6.45) is 0. The molecule has 126 valence electrons. The molecule has 0 radical (unpaired) electrons. The molecule has 2 heterocycles. The highest BCUT2D eigenvalue weighted by molar-refractivity contribution is 7.09. The first-order valence-corrected chi connectivity index (χ1v) is 9.16. The minimum Gasteiger partial charge on any atom is -0.423 e. The lowest BCUT2D eigenvalue weighted by atomic mass is 10.0. The van der Waals surface area contributed by atoms with Crippen LogP contribution < -0.4 is 5.32 Å². The smallest absolute Gasteiger partial charge is 0.300 e. The number of rotatable bonds is 4. The van der Waals surface area contributed by atoms with E-state index >= 15 is 0 Å². The van der Waals surface area contributed by atoms with Crippen molar-refractivity contribution in [1.29, 1.82) is 0 Å². The summed E-state index contributed by atoms with van der Waals surface area (Å²) >= 11 is 1.66. The fraction of sp³-hybridized carbons (Fsp3) is 0.200. The van der Waals surface area contributed by atoms with Gasteiger partial charge < -0.3 is 9.73 Å². The molecule has 0 amide bonds. The van der Waals surface area contributed by atoms with Crippen LogP contribution in [0.4, 0.5) is 11.7 Å². The molecule has 0 fully saturated rings. The Morgan fingerprint density at radius 3 is 2.52 bits per heavy atom. The van der Waals surface area contributed by atoms with E-state index in [1.807, 2.05) is 25.1 Å². The number of oxazole rings is 1. The van der Waals surface area contributed by atoms with Gasteiger partial charge in [-0.15, -0.1) is 11.3 Å². The summed E-state index contributed by atoms with van der Waals surface area (Å²) in [5.74, 6) is 0.472. The molecule has 25 heavy (non-hydrogen) atoms. The maximum Gasteiger partial charge on any atom is 0.300 e. The van der Waals surface area contributed by atoms with E-state index in [1.165, 1.54) is 5.56 Å². The van der Waals surface area contributed by atoms with E-state index in [9.17, 15) is 0 Å². The van der Waals surface area contributed by atoms with E-state index in [1.54, 1.807) is 11.3 Å². The van der Waals surface area contributed by atoms with Gasteiger partial charge in [0.2, 0.25) is 0 Å². The molecular formula is C20H19N3OS. The van der Waals surface area contributed by atoms with Crippen molar-refractivity contribution < 1.29 is 4.42 Å². The van der Waals surface area contributed by atoms with Crippen LogP contribution in [0.25, 0.3) is 22.4 Å². The number of anilines is 2. The molecule has 0 saturated carbocycles. The van der Waals surface area contributed by atoms with Crippen LogP contribution in [0.2, 0.25) is 0 Å². The van der Waals surface area contributed by atoms with Crippen molar-refractivity contribution in [3.63, 3.8) is 0 Å². The standard InChI is InChI=1S/C20H19N3OS/c1-12(2)15-6-9-19-17(10-15)23-20(24-19)22-16-7-4-14(5-8-16)18-11-25-13(3)21-18/h4-12H,1-3H3,(H,22,23). The van der Waals surface area contributed by atoms with Gasteiger partial charge in [0.05, 0.1) is 10.7 Å². The molecular weight excluding hydrogens is 330 g/mol. The average Bonchev–Trinajstić information content (AvgIpc) is 3.20. The van der Waals surface area contributed by atoms with Gasteiger partial charge in [0, 0.05) is 16.6 Å². The van der Waals surface area contributed by atoms with Crippen LogP contribution in [0.5, 0.6) is 0 Å². The van der Waals surface area contributed by atoms with Gasteiger partial charge in [-0.1, -0.05) is 32.0 Å². The summed E-state index contributed by atoms with van der Waals surface area (Å²) in [6.45, 7) is 6.36. The number of fused-ring (bicyclic) bond motifs is 1. The molecule has 0 aliphatic heterocycles. The Morgan fingerprint density at radius 1 is 1.04 bits per heavy atom. The number of nitrogens with zero attached hydrogens (tertiary/aromatic N) is 2. The van der Waals surface area contributed by atoms with E-state index in [0.29, 0.717) is 11.9 Å². The maximum atomic E-state index is 5.79. The molecule has 1 N–H and O–H groups in total. The minimum absolute atomic E-state index is 0.472. The molecule has 4 aromatic rings. The highest BCUT2D eigenvalue weighted by Gasteiger charge is 2.09. The Balaban J connectivity index is 1.56. The largest absolute Gasteiger partial charge is 0.423 e. The van der Waals surface area contributed by atoms with Crippen LogP contribution in [0.3, 0.4) is 0 Å². The number of benzene rings is 2. The lowest BCUT2D eigenvalue weighted by molar-refractivity contribution is 0.623. The minimum atomic E-state index is 0.472. The van der Waals surface area contributed by atoms with Crippen LogP contribution in [0.1, 0.15) is 30.3 Å². The highest BCUT2D eigenvalue weighted by atomic mass is 32.1. The molecule has 5 heteroatoms. The van der Waals surface area contributed by atoms with Crippen molar-refractivity contribution >= 4 is 34.1 Å². The monoisotopic (exact) mass is 349 g/mol. The summed E-state index contributed by atoms with van der Waals surface area (Å²) in [4.78, 5) is 9.06. The average molecular weight is 349 g/mol. The SMILES string of the molecule is Cc1nc(-c2ccc(Nc3nc4cc(C(C)C)ccc4o3)cc2)cs1. The van der Waals surface area contributed by atoms with Gasteiger partial charge in [-0.3, -0.25) is 0 Å². The zero-order valence-electron chi connectivity index (χ0n) is 14.4. The fourth-order valence-corrected chi connectivity index (χ4v) is 3.32. The van der Waals surface area contributed by atoms with Gasteiger partial charge in [-0.05, 0) is 42.7 Å². The summed E-state index contributed by atoms with van der Waals surface area (Å²) in [7, 11) is 0. The normalized spacial score (nSPS) is 11.4. The number of hydrogen-bond acceptors (Lipinski definition) is 5. The molecule has 0 spiro atoms. The predicted molar refractivity (Wildman–Crippen MR) is 104 cm³/mol. The maximum absolute atomic E-state index is 5.79. The quantitative estimate of drug-likeness (QED) is 0.482. The predicted octanol–water partition coefficient (Wildman–Crippen LogP) is 6.13. The van der Waals surface area contributed by atoms with Gasteiger partial charge >= 0.3 is 0 Å². The van der Waals surface area contributed by atoms with E-state index in [0.717, 1.165) is 33.1 Å². The number of nitrogens with one attached hydrogen (secondary N) is 1. The summed E-state index contributed by atoms with van der Waals surface area (Å²) < 4.78 is 5.79. The highest BCUT2D eigenvalue weighted by Crippen LogP contribution is 2.27. The second-order valence-electron chi connectivity index (χ2n) is 6.35. The van der Waals surface area contributed by atoms with Gasteiger partial charge in [0.25, 0.3) is 6.01 Å². The van der Waals surface area contributed by atoms with Gasteiger partial charge in [0.1, 0.15) is 5.52 Å². The van der Waals surface area contributed by atoms with E-state index in [2.05, 4.69) is 58.8 Å². The Morgan fingerprint density at radius 2 is 1.84 bits per heavy atom. The van der Waals surface area contributed by atoms with Crippen LogP contribution in [-0.2, 0) is 0 Å². The lowest BCUT2D eigenvalue weighted by Gasteiger charge is -2.02. The molecule has 0 atom stereocenters. The van der Waals surface area contributed by atoms with Crippen LogP contribution >= 0.6 is 11.3 Å². The molecule has 2 aromatic carbocycles. The number of aromatic nitrogens is 2. The van der Waals surface area contributed by atoms with E-state index < -0.39 is 0 Å². The number of hydrogen-bond donors (Lipinski definition) is 1.